The van der Waals surface area contributed by atoms with Gasteiger partial charge in [-0.1, -0.05) is 0 Å². The second-order valence-electron chi connectivity index (χ2n) is 8.88. The minimum absolute atomic E-state index is 0.155. The standard InChI is InChI=1S/C25H25N5OS/c1-15(31)30-11-8-16(9-12-30)21-14-22-19(3-2-10-26-22)24(28-21)27-18-6-7-20-23(13-18)32-25(29-20)17-4-5-17/h2-3,6-7,10,13-14,16-17H,4-5,8-9,11-12H2,1H3,(H,27,28). The van der Waals surface area contributed by atoms with Crippen molar-refractivity contribution >= 4 is 49.9 Å². The van der Waals surface area contributed by atoms with Gasteiger partial charge in [-0.05, 0) is 62.1 Å². The number of pyridine rings is 2. The van der Waals surface area contributed by atoms with Crippen LogP contribution in [0.1, 0.15) is 55.1 Å². The van der Waals surface area contributed by atoms with Gasteiger partial charge < -0.3 is 10.2 Å². The van der Waals surface area contributed by atoms with Crippen LogP contribution in [0.5, 0.6) is 0 Å². The molecule has 1 amide bonds. The number of benzene rings is 1. The van der Waals surface area contributed by atoms with Gasteiger partial charge in [0.15, 0.2) is 0 Å². The van der Waals surface area contributed by atoms with E-state index in [0.717, 1.165) is 59.5 Å². The number of hydrogen-bond acceptors (Lipinski definition) is 6. The first-order chi connectivity index (χ1) is 15.6. The highest BCUT2D eigenvalue weighted by molar-refractivity contribution is 7.18. The minimum Gasteiger partial charge on any atom is -0.343 e. The smallest absolute Gasteiger partial charge is 0.219 e. The van der Waals surface area contributed by atoms with Crippen LogP contribution in [0.15, 0.2) is 42.6 Å². The second kappa shape index (κ2) is 7.81. The lowest BCUT2D eigenvalue weighted by atomic mass is 9.92. The monoisotopic (exact) mass is 443 g/mol. The third-order valence-electron chi connectivity index (χ3n) is 6.57. The molecule has 0 atom stereocenters. The molecule has 162 valence electrons. The quantitative estimate of drug-likeness (QED) is 0.445. The van der Waals surface area contributed by atoms with Crippen LogP contribution in [0.2, 0.25) is 0 Å². The van der Waals surface area contributed by atoms with E-state index in [1.54, 1.807) is 6.92 Å². The number of amides is 1. The summed E-state index contributed by atoms with van der Waals surface area (Å²) in [7, 11) is 0. The van der Waals surface area contributed by atoms with Gasteiger partial charge in [-0.3, -0.25) is 9.78 Å². The molecule has 4 heterocycles. The van der Waals surface area contributed by atoms with Gasteiger partial charge in [0.25, 0.3) is 0 Å². The van der Waals surface area contributed by atoms with E-state index in [9.17, 15) is 4.79 Å². The molecule has 4 aromatic rings. The number of aromatic nitrogens is 3. The topological polar surface area (TPSA) is 71.0 Å². The lowest BCUT2D eigenvalue weighted by Crippen LogP contribution is -2.36. The first kappa shape index (κ1) is 19.6. The van der Waals surface area contributed by atoms with E-state index in [-0.39, 0.29) is 5.91 Å². The highest BCUT2D eigenvalue weighted by atomic mass is 32.1. The predicted octanol–water partition coefficient (Wildman–Crippen LogP) is 5.59. The molecule has 0 spiro atoms. The Bertz CT molecular complexity index is 1320. The van der Waals surface area contributed by atoms with Crippen molar-refractivity contribution in [3.05, 3.63) is 53.3 Å². The van der Waals surface area contributed by atoms with Crippen LogP contribution in [-0.2, 0) is 4.79 Å². The molecule has 3 aromatic heterocycles. The average molecular weight is 444 g/mol. The first-order valence-corrected chi connectivity index (χ1v) is 12.1. The van der Waals surface area contributed by atoms with Crippen molar-refractivity contribution in [3.8, 4) is 0 Å². The molecular formula is C25H25N5OS. The molecule has 2 fully saturated rings. The van der Waals surface area contributed by atoms with Gasteiger partial charge in [-0.25, -0.2) is 9.97 Å². The predicted molar refractivity (Wildman–Crippen MR) is 129 cm³/mol. The number of nitrogens with zero attached hydrogens (tertiary/aromatic N) is 4. The Kier molecular flexibility index (Phi) is 4.79. The van der Waals surface area contributed by atoms with Crippen LogP contribution in [0.4, 0.5) is 11.5 Å². The maximum atomic E-state index is 11.7. The van der Waals surface area contributed by atoms with Crippen molar-refractivity contribution in [2.75, 3.05) is 18.4 Å². The molecule has 1 N–H and O–H groups in total. The van der Waals surface area contributed by atoms with Gasteiger partial charge in [0.2, 0.25) is 5.91 Å². The summed E-state index contributed by atoms with van der Waals surface area (Å²) in [6.07, 6.45) is 6.23. The highest BCUT2D eigenvalue weighted by Crippen LogP contribution is 2.43. The number of carbonyl (C=O) groups is 1. The van der Waals surface area contributed by atoms with Crippen molar-refractivity contribution in [2.45, 2.75) is 44.4 Å². The molecule has 1 aliphatic carbocycles. The Labute approximate surface area is 190 Å². The molecule has 0 unspecified atom stereocenters. The van der Waals surface area contributed by atoms with E-state index in [1.807, 2.05) is 28.5 Å². The molecule has 1 saturated heterocycles. The molecule has 0 bridgehead atoms. The number of thiazole rings is 1. The molecule has 0 radical (unpaired) electrons. The molecule has 6 rings (SSSR count). The average Bonchev–Trinajstić information content (AvgIpc) is 3.58. The van der Waals surface area contributed by atoms with Crippen molar-refractivity contribution < 1.29 is 4.79 Å². The van der Waals surface area contributed by atoms with E-state index >= 15 is 0 Å². The zero-order valence-electron chi connectivity index (χ0n) is 18.0. The van der Waals surface area contributed by atoms with Crippen LogP contribution in [0, 0.1) is 0 Å². The van der Waals surface area contributed by atoms with E-state index in [0.29, 0.717) is 11.8 Å². The number of nitrogens with one attached hydrogen (secondary N) is 1. The van der Waals surface area contributed by atoms with Gasteiger partial charge in [-0.2, -0.15) is 0 Å². The van der Waals surface area contributed by atoms with E-state index in [4.69, 9.17) is 9.97 Å². The number of likely N-dealkylation sites (tertiary alicyclic amines) is 1. The number of piperidine rings is 1. The zero-order valence-corrected chi connectivity index (χ0v) is 18.9. The van der Waals surface area contributed by atoms with E-state index < -0.39 is 0 Å². The fraction of sp³-hybridized carbons (Fsp3) is 0.360. The Hall–Kier alpha value is -3.06. The number of fused-ring (bicyclic) bond motifs is 2. The van der Waals surface area contributed by atoms with Gasteiger partial charge in [0, 0.05) is 54.8 Å². The van der Waals surface area contributed by atoms with E-state index in [1.165, 1.54) is 22.5 Å². The van der Waals surface area contributed by atoms with Crippen molar-refractivity contribution in [1.29, 1.82) is 0 Å². The lowest BCUT2D eigenvalue weighted by molar-refractivity contribution is -0.129. The molecule has 32 heavy (non-hydrogen) atoms. The number of hydrogen-bond donors (Lipinski definition) is 1. The summed E-state index contributed by atoms with van der Waals surface area (Å²) in [6, 6.07) is 12.5. The van der Waals surface area contributed by atoms with Crippen LogP contribution in [-0.4, -0.2) is 38.8 Å². The third kappa shape index (κ3) is 3.71. The summed E-state index contributed by atoms with van der Waals surface area (Å²) in [6.45, 7) is 3.22. The summed E-state index contributed by atoms with van der Waals surface area (Å²) in [5.41, 5.74) is 4.10. The summed E-state index contributed by atoms with van der Waals surface area (Å²) in [4.78, 5) is 28.1. The summed E-state index contributed by atoms with van der Waals surface area (Å²) in [5.74, 6) is 2.00. The molecule has 2 aliphatic rings. The number of carbonyl (C=O) groups excluding carboxylic acids is 1. The largest absolute Gasteiger partial charge is 0.343 e. The van der Waals surface area contributed by atoms with Gasteiger partial charge in [-0.15, -0.1) is 11.3 Å². The highest BCUT2D eigenvalue weighted by Gasteiger charge is 2.27. The van der Waals surface area contributed by atoms with Crippen molar-refractivity contribution in [3.63, 3.8) is 0 Å². The van der Waals surface area contributed by atoms with Crippen molar-refractivity contribution in [2.24, 2.45) is 0 Å². The zero-order chi connectivity index (χ0) is 21.7. The third-order valence-corrected chi connectivity index (χ3v) is 7.75. The minimum atomic E-state index is 0.155. The number of rotatable bonds is 4. The van der Waals surface area contributed by atoms with Crippen LogP contribution >= 0.6 is 11.3 Å². The molecular weight excluding hydrogens is 418 g/mol. The van der Waals surface area contributed by atoms with Crippen LogP contribution < -0.4 is 5.32 Å². The SMILES string of the molecule is CC(=O)N1CCC(c2cc3ncccc3c(Nc3ccc4nc(C5CC5)sc4c3)n2)CC1. The number of anilines is 2. The summed E-state index contributed by atoms with van der Waals surface area (Å²) in [5, 5.41) is 5.84. The van der Waals surface area contributed by atoms with Crippen LogP contribution in [0.25, 0.3) is 21.1 Å². The van der Waals surface area contributed by atoms with Crippen molar-refractivity contribution in [1.82, 2.24) is 19.9 Å². The Morgan fingerprint density at radius 1 is 1.03 bits per heavy atom. The van der Waals surface area contributed by atoms with Gasteiger partial charge >= 0.3 is 0 Å². The lowest BCUT2D eigenvalue weighted by Gasteiger charge is -2.31. The summed E-state index contributed by atoms with van der Waals surface area (Å²) >= 11 is 1.81. The summed E-state index contributed by atoms with van der Waals surface area (Å²) < 4.78 is 1.21. The van der Waals surface area contributed by atoms with Gasteiger partial charge in [0.1, 0.15) is 5.82 Å². The maximum absolute atomic E-state index is 11.7. The normalized spacial score (nSPS) is 17.2. The Morgan fingerprint density at radius 3 is 2.66 bits per heavy atom. The second-order valence-corrected chi connectivity index (χ2v) is 9.94. The van der Waals surface area contributed by atoms with E-state index in [2.05, 4.69) is 40.6 Å². The maximum Gasteiger partial charge on any atom is 0.219 e. The fourth-order valence-corrected chi connectivity index (χ4v) is 5.73. The molecule has 1 aliphatic heterocycles. The first-order valence-electron chi connectivity index (χ1n) is 11.3. The molecule has 7 heteroatoms. The molecule has 1 saturated carbocycles. The fourth-order valence-electron chi connectivity index (χ4n) is 4.55. The molecule has 6 nitrogen and oxygen atoms in total. The van der Waals surface area contributed by atoms with Crippen LogP contribution in [0.3, 0.4) is 0 Å². The Morgan fingerprint density at radius 2 is 1.88 bits per heavy atom. The molecule has 1 aromatic carbocycles. The van der Waals surface area contributed by atoms with Gasteiger partial charge in [0.05, 0.1) is 20.7 Å². The Balaban J connectivity index is 1.33.